The number of likely N-dealkylation sites (tertiary alicyclic amines) is 1. The van der Waals surface area contributed by atoms with Crippen LogP contribution in [0.15, 0.2) is 34.1 Å². The molecule has 26 heavy (non-hydrogen) atoms. The summed E-state index contributed by atoms with van der Waals surface area (Å²) in [5.41, 5.74) is 0. The van der Waals surface area contributed by atoms with Crippen molar-refractivity contribution in [2.45, 2.75) is 49.1 Å². The lowest BCUT2D eigenvalue weighted by Crippen LogP contribution is -2.43. The van der Waals surface area contributed by atoms with E-state index < -0.39 is 5.97 Å². The Kier molecular flexibility index (Phi) is 6.03. The maximum atomic E-state index is 12.8. The second-order valence-corrected chi connectivity index (χ2v) is 7.40. The maximum absolute atomic E-state index is 12.8. The Morgan fingerprint density at radius 2 is 2.23 bits per heavy atom. The minimum atomic E-state index is -0.824. The topological polar surface area (TPSA) is 88.6 Å². The molecule has 1 fully saturated rings. The number of aromatic nitrogens is 2. The number of furan rings is 1. The van der Waals surface area contributed by atoms with E-state index in [4.69, 9.17) is 9.52 Å². The number of hydrogen-bond acceptors (Lipinski definition) is 5. The van der Waals surface area contributed by atoms with Crippen molar-refractivity contribution in [1.82, 2.24) is 14.5 Å². The molecule has 1 saturated heterocycles. The highest BCUT2D eigenvalue weighted by molar-refractivity contribution is 7.98. The molecule has 2 aromatic rings. The zero-order chi connectivity index (χ0) is 18.5. The first-order chi connectivity index (χ1) is 12.5. The SMILES string of the molecule is Cn1ccnc1SCc1ccc(C(=O)N2CCCCC2CCC(=O)O)o1. The van der Waals surface area contributed by atoms with Gasteiger partial charge in [0.15, 0.2) is 10.9 Å². The zero-order valence-electron chi connectivity index (χ0n) is 14.8. The molecule has 140 valence electrons. The molecule has 0 aliphatic carbocycles. The predicted octanol–water partition coefficient (Wildman–Crippen LogP) is 3.16. The van der Waals surface area contributed by atoms with Crippen molar-refractivity contribution in [1.29, 1.82) is 0 Å². The average molecular weight is 377 g/mol. The third-order valence-electron chi connectivity index (χ3n) is 4.57. The van der Waals surface area contributed by atoms with Gasteiger partial charge in [-0.2, -0.15) is 0 Å². The van der Waals surface area contributed by atoms with E-state index in [1.165, 1.54) is 0 Å². The zero-order valence-corrected chi connectivity index (χ0v) is 15.6. The molecule has 0 bridgehead atoms. The molecule has 2 aromatic heterocycles. The van der Waals surface area contributed by atoms with E-state index >= 15 is 0 Å². The summed E-state index contributed by atoms with van der Waals surface area (Å²) in [6.45, 7) is 0.654. The van der Waals surface area contributed by atoms with Crippen molar-refractivity contribution in [3.8, 4) is 0 Å². The molecule has 7 nitrogen and oxygen atoms in total. The molecule has 0 aromatic carbocycles. The molecule has 1 amide bonds. The maximum Gasteiger partial charge on any atom is 0.303 e. The third-order valence-corrected chi connectivity index (χ3v) is 5.65. The Hall–Kier alpha value is -2.22. The Labute approximate surface area is 156 Å². The van der Waals surface area contributed by atoms with Crippen molar-refractivity contribution in [3.63, 3.8) is 0 Å². The van der Waals surface area contributed by atoms with E-state index in [9.17, 15) is 9.59 Å². The van der Waals surface area contributed by atoms with Crippen LogP contribution < -0.4 is 0 Å². The molecular weight excluding hydrogens is 354 g/mol. The standard InChI is InChI=1S/C18H23N3O4S/c1-20-11-9-19-18(20)26-12-14-6-7-15(25-14)17(24)21-10-3-2-4-13(21)5-8-16(22)23/h6-7,9,11,13H,2-5,8,10,12H2,1H3,(H,22,23). The second kappa shape index (κ2) is 8.44. The molecule has 1 unspecified atom stereocenters. The fourth-order valence-corrected chi connectivity index (χ4v) is 4.02. The van der Waals surface area contributed by atoms with Gasteiger partial charge >= 0.3 is 5.97 Å². The predicted molar refractivity (Wildman–Crippen MR) is 97.0 cm³/mol. The number of thioether (sulfide) groups is 1. The van der Waals surface area contributed by atoms with Crippen molar-refractivity contribution >= 4 is 23.6 Å². The van der Waals surface area contributed by atoms with E-state index in [2.05, 4.69) is 4.98 Å². The number of rotatable bonds is 7. The van der Waals surface area contributed by atoms with Gasteiger partial charge in [-0.3, -0.25) is 9.59 Å². The van der Waals surface area contributed by atoms with E-state index in [1.807, 2.05) is 23.9 Å². The van der Waals surface area contributed by atoms with Gasteiger partial charge in [0.05, 0.1) is 5.75 Å². The molecule has 1 atom stereocenters. The lowest BCUT2D eigenvalue weighted by molar-refractivity contribution is -0.137. The van der Waals surface area contributed by atoms with Gasteiger partial charge in [-0.15, -0.1) is 0 Å². The van der Waals surface area contributed by atoms with Crippen molar-refractivity contribution in [2.24, 2.45) is 7.05 Å². The number of hydrogen-bond donors (Lipinski definition) is 1. The summed E-state index contributed by atoms with van der Waals surface area (Å²) < 4.78 is 7.68. The lowest BCUT2D eigenvalue weighted by atomic mass is 9.97. The monoisotopic (exact) mass is 377 g/mol. The van der Waals surface area contributed by atoms with Crippen molar-refractivity contribution < 1.29 is 19.1 Å². The number of carbonyl (C=O) groups is 2. The van der Waals surface area contributed by atoms with Crippen molar-refractivity contribution in [3.05, 3.63) is 36.0 Å². The highest BCUT2D eigenvalue weighted by Crippen LogP contribution is 2.26. The molecule has 3 rings (SSSR count). The quantitative estimate of drug-likeness (QED) is 0.746. The number of piperidine rings is 1. The van der Waals surface area contributed by atoms with Crippen LogP contribution in [0.3, 0.4) is 0 Å². The highest BCUT2D eigenvalue weighted by atomic mass is 32.2. The summed E-state index contributed by atoms with van der Waals surface area (Å²) in [6, 6.07) is 3.50. The van der Waals surface area contributed by atoms with Crippen LogP contribution in [0.5, 0.6) is 0 Å². The van der Waals surface area contributed by atoms with E-state index in [0.29, 0.717) is 24.5 Å². The van der Waals surface area contributed by atoms with Crippen LogP contribution in [-0.2, 0) is 17.6 Å². The van der Waals surface area contributed by atoms with Gasteiger partial charge in [0.25, 0.3) is 5.91 Å². The number of carboxylic acid groups (broad SMARTS) is 1. The van der Waals surface area contributed by atoms with Crippen LogP contribution in [-0.4, -0.2) is 44.0 Å². The van der Waals surface area contributed by atoms with E-state index in [1.54, 1.807) is 28.9 Å². The van der Waals surface area contributed by atoms with E-state index in [0.717, 1.165) is 30.2 Å². The molecule has 8 heteroatoms. The van der Waals surface area contributed by atoms with Crippen LogP contribution in [0.2, 0.25) is 0 Å². The number of amides is 1. The first-order valence-corrected chi connectivity index (χ1v) is 9.74. The molecular formula is C18H23N3O4S. The Morgan fingerprint density at radius 3 is 2.96 bits per heavy atom. The third kappa shape index (κ3) is 4.49. The molecule has 0 spiro atoms. The van der Waals surface area contributed by atoms with Gasteiger partial charge < -0.3 is 19.0 Å². The summed E-state index contributed by atoms with van der Waals surface area (Å²) in [4.78, 5) is 29.7. The lowest BCUT2D eigenvalue weighted by Gasteiger charge is -2.35. The van der Waals surface area contributed by atoms with Gasteiger partial charge in [-0.25, -0.2) is 4.98 Å². The Balaban J connectivity index is 1.62. The molecule has 1 aliphatic heterocycles. The average Bonchev–Trinajstić information content (AvgIpc) is 3.26. The van der Waals surface area contributed by atoms with Crippen LogP contribution in [0.1, 0.15) is 48.4 Å². The smallest absolute Gasteiger partial charge is 0.303 e. The summed E-state index contributed by atoms with van der Waals surface area (Å²) in [5, 5.41) is 9.80. The first kappa shape index (κ1) is 18.6. The number of carbonyl (C=O) groups excluding carboxylic acids is 1. The second-order valence-electron chi connectivity index (χ2n) is 6.46. The molecule has 0 saturated carbocycles. The largest absolute Gasteiger partial charge is 0.481 e. The molecule has 1 aliphatic rings. The van der Waals surface area contributed by atoms with Gasteiger partial charge in [0.1, 0.15) is 5.76 Å². The number of aliphatic carboxylic acids is 1. The normalized spacial score (nSPS) is 17.4. The van der Waals surface area contributed by atoms with Gasteiger partial charge in [-0.1, -0.05) is 11.8 Å². The van der Waals surface area contributed by atoms with Gasteiger partial charge in [0, 0.05) is 38.4 Å². The summed E-state index contributed by atoms with van der Waals surface area (Å²) in [7, 11) is 1.93. The molecule has 0 radical (unpaired) electrons. The van der Waals surface area contributed by atoms with Crippen LogP contribution in [0, 0.1) is 0 Å². The van der Waals surface area contributed by atoms with E-state index in [-0.39, 0.29) is 18.4 Å². The molecule has 3 heterocycles. The summed E-state index contributed by atoms with van der Waals surface area (Å²) in [6.07, 6.45) is 7.01. The van der Waals surface area contributed by atoms with Crippen molar-refractivity contribution in [2.75, 3.05) is 6.54 Å². The number of carboxylic acids is 1. The Bertz CT molecular complexity index is 770. The fraction of sp³-hybridized carbons (Fsp3) is 0.500. The number of aryl methyl sites for hydroxylation is 1. The van der Waals surface area contributed by atoms with Crippen LogP contribution in [0.4, 0.5) is 0 Å². The number of imidazole rings is 1. The highest BCUT2D eigenvalue weighted by Gasteiger charge is 2.29. The first-order valence-electron chi connectivity index (χ1n) is 8.76. The Morgan fingerprint density at radius 1 is 1.38 bits per heavy atom. The van der Waals surface area contributed by atoms with Crippen LogP contribution in [0.25, 0.3) is 0 Å². The minimum absolute atomic E-state index is 0.0251. The molecule has 1 N–H and O–H groups in total. The summed E-state index contributed by atoms with van der Waals surface area (Å²) in [5.74, 6) is 0.673. The van der Waals surface area contributed by atoms with Gasteiger partial charge in [0.2, 0.25) is 0 Å². The number of nitrogens with zero attached hydrogens (tertiary/aromatic N) is 3. The summed E-state index contributed by atoms with van der Waals surface area (Å²) >= 11 is 1.55. The minimum Gasteiger partial charge on any atom is -0.481 e. The van der Waals surface area contributed by atoms with Crippen LogP contribution >= 0.6 is 11.8 Å². The fourth-order valence-electron chi connectivity index (χ4n) is 3.20. The van der Waals surface area contributed by atoms with Gasteiger partial charge in [-0.05, 0) is 37.8 Å².